The molecule has 0 aliphatic carbocycles. The Morgan fingerprint density at radius 2 is 2.00 bits per heavy atom. The Labute approximate surface area is 159 Å². The number of sulfone groups is 1. The zero-order chi connectivity index (χ0) is 18.9. The van der Waals surface area contributed by atoms with Crippen molar-refractivity contribution in [3.63, 3.8) is 0 Å². The van der Waals surface area contributed by atoms with Crippen LogP contribution in [0.4, 0.5) is 0 Å². The maximum atomic E-state index is 13.2. The molecular weight excluding hydrogens is 390 g/mol. The van der Waals surface area contributed by atoms with Crippen molar-refractivity contribution in [2.45, 2.75) is 9.46 Å². The Bertz CT molecular complexity index is 1040. The van der Waals surface area contributed by atoms with Gasteiger partial charge < -0.3 is 19.2 Å². The van der Waals surface area contributed by atoms with E-state index in [1.807, 2.05) is 0 Å². The highest BCUT2D eigenvalue weighted by Crippen LogP contribution is 2.38. The summed E-state index contributed by atoms with van der Waals surface area (Å²) in [6, 6.07) is 11.3. The van der Waals surface area contributed by atoms with Crippen molar-refractivity contribution in [2.24, 2.45) is 0 Å². The lowest BCUT2D eigenvalue weighted by molar-refractivity contribution is 0.0926. The lowest BCUT2D eigenvalue weighted by atomic mass is 10.1. The molecule has 1 aliphatic rings. The van der Waals surface area contributed by atoms with Crippen LogP contribution in [-0.4, -0.2) is 27.7 Å². The molecule has 0 spiro atoms. The molecule has 1 aliphatic heterocycles. The number of furan rings is 1. The molecule has 0 unspecified atom stereocenters. The van der Waals surface area contributed by atoms with E-state index in [0.29, 0.717) is 17.1 Å². The van der Waals surface area contributed by atoms with E-state index in [-0.39, 0.29) is 23.3 Å². The minimum Gasteiger partial charge on any atom is -0.459 e. The van der Waals surface area contributed by atoms with Gasteiger partial charge in [-0.1, -0.05) is 12.1 Å². The number of carbonyl (C=O) groups excluding carboxylic acids is 1. The van der Waals surface area contributed by atoms with Crippen LogP contribution in [0.15, 0.2) is 62.7 Å². The normalized spacial score (nSPS) is 14.1. The van der Waals surface area contributed by atoms with Gasteiger partial charge in [0, 0.05) is 6.54 Å². The van der Waals surface area contributed by atoms with Crippen LogP contribution >= 0.6 is 11.3 Å². The minimum atomic E-state index is -3.72. The second-order valence-electron chi connectivity index (χ2n) is 5.77. The van der Waals surface area contributed by atoms with Gasteiger partial charge in [-0.3, -0.25) is 4.79 Å². The Hall–Kier alpha value is -2.78. The average molecular weight is 405 g/mol. The van der Waals surface area contributed by atoms with Gasteiger partial charge in [-0.2, -0.15) is 0 Å². The van der Waals surface area contributed by atoms with Gasteiger partial charge in [0.25, 0.3) is 5.91 Å². The predicted molar refractivity (Wildman–Crippen MR) is 97.9 cm³/mol. The smallest absolute Gasteiger partial charge is 0.287 e. The van der Waals surface area contributed by atoms with Gasteiger partial charge >= 0.3 is 0 Å². The maximum Gasteiger partial charge on any atom is 0.287 e. The quantitative estimate of drug-likeness (QED) is 0.677. The first-order chi connectivity index (χ1) is 13.1. The third-order valence-electron chi connectivity index (χ3n) is 4.11. The second kappa shape index (κ2) is 7.09. The predicted octanol–water partition coefficient (Wildman–Crippen LogP) is 3.01. The molecule has 1 atom stereocenters. The summed E-state index contributed by atoms with van der Waals surface area (Å²) in [4.78, 5) is 12.2. The molecule has 1 amide bonds. The molecule has 7 nitrogen and oxygen atoms in total. The van der Waals surface area contributed by atoms with Crippen LogP contribution in [-0.2, 0) is 9.84 Å². The van der Waals surface area contributed by atoms with Crippen molar-refractivity contribution in [3.8, 4) is 11.5 Å². The van der Waals surface area contributed by atoms with E-state index in [0.717, 1.165) is 11.3 Å². The number of thiophene rings is 1. The molecule has 0 fully saturated rings. The number of hydrogen-bond acceptors (Lipinski definition) is 7. The van der Waals surface area contributed by atoms with Crippen LogP contribution in [0.5, 0.6) is 11.5 Å². The molecular formula is C18H15NO6S2. The molecule has 27 heavy (non-hydrogen) atoms. The number of nitrogens with one attached hydrogen (secondary N) is 1. The Morgan fingerprint density at radius 3 is 2.74 bits per heavy atom. The summed E-state index contributed by atoms with van der Waals surface area (Å²) in [5.74, 6) is 0.682. The van der Waals surface area contributed by atoms with Crippen molar-refractivity contribution in [1.29, 1.82) is 0 Å². The summed E-state index contributed by atoms with van der Waals surface area (Å²) in [6.45, 7) is -0.0181. The van der Waals surface area contributed by atoms with Crippen molar-refractivity contribution in [1.82, 2.24) is 5.32 Å². The zero-order valence-electron chi connectivity index (χ0n) is 14.0. The fourth-order valence-electron chi connectivity index (χ4n) is 2.77. The van der Waals surface area contributed by atoms with E-state index < -0.39 is 21.0 Å². The molecule has 1 aromatic carbocycles. The number of hydrogen-bond donors (Lipinski definition) is 1. The second-order valence-corrected chi connectivity index (χ2v) is 9.07. The molecule has 0 bridgehead atoms. The van der Waals surface area contributed by atoms with Gasteiger partial charge in [-0.05, 0) is 41.3 Å². The van der Waals surface area contributed by atoms with E-state index in [4.69, 9.17) is 13.9 Å². The lowest BCUT2D eigenvalue weighted by Gasteiger charge is -2.18. The summed E-state index contributed by atoms with van der Waals surface area (Å²) in [6.07, 6.45) is 1.38. The first-order valence-electron chi connectivity index (χ1n) is 8.04. The highest BCUT2D eigenvalue weighted by molar-refractivity contribution is 7.93. The van der Waals surface area contributed by atoms with Gasteiger partial charge in [0.15, 0.2) is 27.1 Å². The first-order valence-corrected chi connectivity index (χ1v) is 10.5. The van der Waals surface area contributed by atoms with E-state index in [1.165, 1.54) is 12.3 Å². The topological polar surface area (TPSA) is 94.8 Å². The molecule has 3 heterocycles. The summed E-state index contributed by atoms with van der Waals surface area (Å²) in [5.41, 5.74) is 0.507. The van der Waals surface area contributed by atoms with Crippen LogP contribution in [0.3, 0.4) is 0 Å². The summed E-state index contributed by atoms with van der Waals surface area (Å²) in [5, 5.41) is 3.36. The van der Waals surface area contributed by atoms with E-state index in [9.17, 15) is 13.2 Å². The molecule has 0 radical (unpaired) electrons. The van der Waals surface area contributed by atoms with Crippen molar-refractivity contribution in [2.75, 3.05) is 13.3 Å². The maximum absolute atomic E-state index is 13.2. The van der Waals surface area contributed by atoms with Gasteiger partial charge in [0.05, 0.1) is 6.26 Å². The van der Waals surface area contributed by atoms with Crippen LogP contribution in [0, 0.1) is 0 Å². The summed E-state index contributed by atoms with van der Waals surface area (Å²) < 4.78 is 42.2. The number of amides is 1. The number of fused-ring (bicyclic) bond motifs is 1. The third-order valence-corrected chi connectivity index (χ3v) is 7.64. The Kier molecular flexibility index (Phi) is 4.63. The molecule has 0 saturated carbocycles. The molecule has 4 rings (SSSR count). The lowest BCUT2D eigenvalue weighted by Crippen LogP contribution is -2.31. The van der Waals surface area contributed by atoms with E-state index in [1.54, 1.807) is 41.8 Å². The van der Waals surface area contributed by atoms with Crippen molar-refractivity contribution < 1.29 is 27.1 Å². The monoisotopic (exact) mass is 405 g/mol. The Morgan fingerprint density at radius 1 is 1.15 bits per heavy atom. The third kappa shape index (κ3) is 3.43. The highest BCUT2D eigenvalue weighted by atomic mass is 32.2. The molecule has 140 valence electrons. The molecule has 0 saturated heterocycles. The molecule has 3 aromatic rings. The molecule has 9 heteroatoms. The Balaban J connectivity index is 1.66. The number of ether oxygens (including phenoxy) is 2. The van der Waals surface area contributed by atoms with Crippen LogP contribution in [0.25, 0.3) is 0 Å². The number of rotatable bonds is 6. The molecule has 1 N–H and O–H groups in total. The summed E-state index contributed by atoms with van der Waals surface area (Å²) in [7, 11) is -3.72. The van der Waals surface area contributed by atoms with Crippen molar-refractivity contribution in [3.05, 3.63) is 65.4 Å². The largest absolute Gasteiger partial charge is 0.459 e. The fraction of sp³-hybridized carbons (Fsp3) is 0.167. The van der Waals surface area contributed by atoms with Gasteiger partial charge in [0.2, 0.25) is 6.79 Å². The van der Waals surface area contributed by atoms with Crippen LogP contribution in [0.1, 0.15) is 21.4 Å². The molecule has 2 aromatic heterocycles. The van der Waals surface area contributed by atoms with Gasteiger partial charge in [0.1, 0.15) is 9.46 Å². The minimum absolute atomic E-state index is 0.0936. The van der Waals surface area contributed by atoms with Crippen molar-refractivity contribution >= 4 is 27.1 Å². The van der Waals surface area contributed by atoms with Crippen LogP contribution in [0.2, 0.25) is 0 Å². The first kappa shape index (κ1) is 17.6. The zero-order valence-corrected chi connectivity index (χ0v) is 15.6. The van der Waals surface area contributed by atoms with Gasteiger partial charge in [-0.25, -0.2) is 8.42 Å². The van der Waals surface area contributed by atoms with Crippen LogP contribution < -0.4 is 14.8 Å². The van der Waals surface area contributed by atoms with E-state index in [2.05, 4.69) is 5.32 Å². The van der Waals surface area contributed by atoms with E-state index >= 15 is 0 Å². The van der Waals surface area contributed by atoms with Gasteiger partial charge in [-0.15, -0.1) is 11.3 Å². The number of carbonyl (C=O) groups is 1. The standard InChI is InChI=1S/C18H15NO6S2/c20-18(14-3-1-7-23-14)19-10-16(27(21,22)17-4-2-8-26-17)12-5-6-13-15(9-12)25-11-24-13/h1-9,16H,10-11H2,(H,19,20)/t16-/m1/s1. The highest BCUT2D eigenvalue weighted by Gasteiger charge is 2.32. The number of benzene rings is 1. The summed E-state index contributed by atoms with van der Waals surface area (Å²) >= 11 is 1.14. The average Bonchev–Trinajstić information content (AvgIpc) is 3.43. The SMILES string of the molecule is O=C(NC[C@H](c1ccc2c(c1)OCO2)S(=O)(=O)c1cccs1)c1ccco1. The fourth-order valence-corrected chi connectivity index (χ4v) is 5.62.